The van der Waals surface area contributed by atoms with E-state index in [1.165, 1.54) is 36.9 Å². The highest BCUT2D eigenvalue weighted by Crippen LogP contribution is 2.36. The lowest BCUT2D eigenvalue weighted by Crippen LogP contribution is -2.42. The number of aldehydes is 1. The topological polar surface area (TPSA) is 23.6 Å². The predicted molar refractivity (Wildman–Crippen MR) is 135 cm³/mol. The maximum atomic E-state index is 12.2. The van der Waals surface area contributed by atoms with Gasteiger partial charge in [-0.25, -0.2) is 0 Å². The number of halogens is 2. The zero-order valence-electron chi connectivity index (χ0n) is 17.8. The van der Waals surface area contributed by atoms with Gasteiger partial charge in [0.2, 0.25) is 0 Å². The number of carbonyl (C=O) groups is 1. The molecule has 164 valence electrons. The average molecular weight is 475 g/mol. The molecule has 2 saturated heterocycles. The van der Waals surface area contributed by atoms with Crippen LogP contribution in [0.4, 0.5) is 5.69 Å². The summed E-state index contributed by atoms with van der Waals surface area (Å²) >= 11 is 14.1. The van der Waals surface area contributed by atoms with Crippen LogP contribution in [-0.2, 0) is 11.2 Å². The minimum atomic E-state index is -0.315. The third-order valence-corrected chi connectivity index (χ3v) is 8.18. The Balaban J connectivity index is 1.57. The lowest BCUT2D eigenvalue weighted by atomic mass is 9.98. The molecule has 2 atom stereocenters. The van der Waals surface area contributed by atoms with Gasteiger partial charge in [-0.15, -0.1) is 11.8 Å². The quantitative estimate of drug-likeness (QED) is 0.466. The van der Waals surface area contributed by atoms with Crippen molar-refractivity contribution in [2.75, 3.05) is 30.8 Å². The molecule has 0 aromatic heterocycles. The van der Waals surface area contributed by atoms with E-state index in [0.29, 0.717) is 16.1 Å². The van der Waals surface area contributed by atoms with Crippen LogP contribution in [-0.4, -0.2) is 49.2 Å². The number of anilines is 1. The predicted octanol–water partition coefficient (Wildman–Crippen LogP) is 6.18. The molecule has 2 unspecified atom stereocenters. The molecule has 2 aromatic carbocycles. The highest BCUT2D eigenvalue weighted by atomic mass is 35.5. The molecule has 0 aliphatic carbocycles. The second kappa shape index (κ2) is 10.4. The summed E-state index contributed by atoms with van der Waals surface area (Å²) in [5.41, 5.74) is 3.50. The van der Waals surface area contributed by atoms with E-state index in [-0.39, 0.29) is 6.04 Å². The molecule has 2 aromatic rings. The van der Waals surface area contributed by atoms with Gasteiger partial charge in [0, 0.05) is 28.9 Å². The molecule has 2 aliphatic rings. The van der Waals surface area contributed by atoms with Crippen molar-refractivity contribution in [2.24, 2.45) is 0 Å². The summed E-state index contributed by atoms with van der Waals surface area (Å²) in [6.07, 6.45) is 8.08. The number of carbonyl (C=O) groups excluding carboxylic acids is 1. The Morgan fingerprint density at radius 2 is 1.97 bits per heavy atom. The first-order valence-corrected chi connectivity index (χ1v) is 12.6. The Labute approximate surface area is 199 Å². The summed E-state index contributed by atoms with van der Waals surface area (Å²) in [6.45, 7) is 2.00. The molecule has 2 heterocycles. The van der Waals surface area contributed by atoms with Crippen molar-refractivity contribution >= 4 is 53.0 Å². The summed E-state index contributed by atoms with van der Waals surface area (Å²) in [6, 6.07) is 14.5. The van der Waals surface area contributed by atoms with Crippen molar-refractivity contribution in [3.8, 4) is 0 Å². The maximum absolute atomic E-state index is 12.2. The van der Waals surface area contributed by atoms with Gasteiger partial charge in [-0.3, -0.25) is 0 Å². The van der Waals surface area contributed by atoms with Gasteiger partial charge in [-0.2, -0.15) is 0 Å². The smallest absolute Gasteiger partial charge is 0.147 e. The van der Waals surface area contributed by atoms with E-state index >= 15 is 0 Å². The van der Waals surface area contributed by atoms with Crippen molar-refractivity contribution in [1.29, 1.82) is 0 Å². The molecular formula is C25H28Cl2N2OS. The lowest BCUT2D eigenvalue weighted by Gasteiger charge is -2.36. The van der Waals surface area contributed by atoms with E-state index in [1.807, 2.05) is 12.1 Å². The second-order valence-electron chi connectivity index (χ2n) is 8.28. The van der Waals surface area contributed by atoms with Crippen molar-refractivity contribution in [1.82, 2.24) is 4.90 Å². The van der Waals surface area contributed by atoms with Gasteiger partial charge in [0.1, 0.15) is 12.3 Å². The second-order valence-corrected chi connectivity index (χ2v) is 10.3. The fourth-order valence-electron chi connectivity index (χ4n) is 4.58. The number of rotatable bonds is 6. The molecule has 4 rings (SSSR count). The monoisotopic (exact) mass is 474 g/mol. The molecule has 3 nitrogen and oxygen atoms in total. The Kier molecular flexibility index (Phi) is 7.65. The first kappa shape index (κ1) is 22.7. The van der Waals surface area contributed by atoms with Crippen LogP contribution >= 0.6 is 35.0 Å². The Hall–Kier alpha value is -1.46. The Bertz CT molecular complexity index is 964. The summed E-state index contributed by atoms with van der Waals surface area (Å²) in [5, 5.41) is 1.03. The number of benzene rings is 2. The summed E-state index contributed by atoms with van der Waals surface area (Å²) in [4.78, 5) is 17.8. The van der Waals surface area contributed by atoms with Gasteiger partial charge in [0.25, 0.3) is 0 Å². The molecule has 6 heteroatoms. The van der Waals surface area contributed by atoms with Crippen LogP contribution < -0.4 is 4.90 Å². The molecule has 2 fully saturated rings. The molecule has 0 saturated carbocycles. The SMILES string of the molecule is CN1CCCC1CCc1ccccc1C=C1SCCN(c2ccc(Cl)c(Cl)c2)C1C=O. The molecule has 0 amide bonds. The minimum Gasteiger partial charge on any atom is -0.356 e. The van der Waals surface area contributed by atoms with Crippen LogP contribution in [0.3, 0.4) is 0 Å². The number of hydrogen-bond acceptors (Lipinski definition) is 4. The molecule has 0 radical (unpaired) electrons. The first-order chi connectivity index (χ1) is 15.1. The number of likely N-dealkylation sites (tertiary alicyclic amines) is 1. The summed E-state index contributed by atoms with van der Waals surface area (Å²) in [7, 11) is 2.23. The number of nitrogens with zero attached hydrogens (tertiary/aromatic N) is 2. The van der Waals surface area contributed by atoms with Crippen molar-refractivity contribution in [3.63, 3.8) is 0 Å². The maximum Gasteiger partial charge on any atom is 0.147 e. The highest BCUT2D eigenvalue weighted by Gasteiger charge is 2.28. The van der Waals surface area contributed by atoms with E-state index in [9.17, 15) is 4.79 Å². The van der Waals surface area contributed by atoms with Crippen LogP contribution in [0.2, 0.25) is 10.0 Å². The zero-order chi connectivity index (χ0) is 21.8. The lowest BCUT2D eigenvalue weighted by molar-refractivity contribution is -0.108. The van der Waals surface area contributed by atoms with E-state index in [0.717, 1.165) is 35.6 Å². The van der Waals surface area contributed by atoms with Crippen molar-refractivity contribution in [3.05, 3.63) is 68.5 Å². The van der Waals surface area contributed by atoms with Crippen LogP contribution in [0.15, 0.2) is 47.4 Å². The molecular weight excluding hydrogens is 447 g/mol. The fraction of sp³-hybridized carbons (Fsp3) is 0.400. The van der Waals surface area contributed by atoms with Gasteiger partial charge in [0.15, 0.2) is 0 Å². The van der Waals surface area contributed by atoms with Crippen LogP contribution in [0.1, 0.15) is 30.4 Å². The third-order valence-electron chi connectivity index (χ3n) is 6.36. The Morgan fingerprint density at radius 3 is 2.71 bits per heavy atom. The molecule has 2 aliphatic heterocycles. The van der Waals surface area contributed by atoms with Gasteiger partial charge in [-0.1, -0.05) is 47.5 Å². The third kappa shape index (κ3) is 5.31. The minimum absolute atomic E-state index is 0.315. The summed E-state index contributed by atoms with van der Waals surface area (Å²) in [5.74, 6) is 0.922. The van der Waals surface area contributed by atoms with Crippen LogP contribution in [0, 0.1) is 0 Å². The zero-order valence-corrected chi connectivity index (χ0v) is 20.1. The Morgan fingerprint density at radius 1 is 1.13 bits per heavy atom. The number of aryl methyl sites for hydroxylation is 1. The number of thioether (sulfide) groups is 1. The van der Waals surface area contributed by atoms with Gasteiger partial charge in [-0.05, 0) is 74.7 Å². The molecule has 0 spiro atoms. The largest absolute Gasteiger partial charge is 0.356 e. The van der Waals surface area contributed by atoms with Crippen molar-refractivity contribution in [2.45, 2.75) is 37.8 Å². The van der Waals surface area contributed by atoms with Crippen LogP contribution in [0.5, 0.6) is 0 Å². The van der Waals surface area contributed by atoms with E-state index in [4.69, 9.17) is 23.2 Å². The molecule has 0 bridgehead atoms. The van der Waals surface area contributed by atoms with Gasteiger partial charge < -0.3 is 14.6 Å². The van der Waals surface area contributed by atoms with Gasteiger partial charge >= 0.3 is 0 Å². The highest BCUT2D eigenvalue weighted by molar-refractivity contribution is 8.03. The fourth-order valence-corrected chi connectivity index (χ4v) is 5.96. The number of hydrogen-bond donors (Lipinski definition) is 0. The normalized spacial score (nSPS) is 23.5. The standard InChI is InChI=1S/C25H28Cl2N2OS/c1-28-12-4-7-20(28)9-8-18-5-2-3-6-19(18)15-25-24(17-30)29(13-14-31-25)21-10-11-22(26)23(27)16-21/h2-3,5-6,10-11,15-17,20,24H,4,7-9,12-14H2,1H3. The molecule has 31 heavy (non-hydrogen) atoms. The van der Waals surface area contributed by atoms with E-state index < -0.39 is 0 Å². The van der Waals surface area contributed by atoms with Gasteiger partial charge in [0.05, 0.1) is 10.0 Å². The average Bonchev–Trinajstić information content (AvgIpc) is 3.19. The van der Waals surface area contributed by atoms with Crippen molar-refractivity contribution < 1.29 is 4.79 Å². The van der Waals surface area contributed by atoms with E-state index in [2.05, 4.69) is 47.2 Å². The first-order valence-electron chi connectivity index (χ1n) is 10.9. The van der Waals surface area contributed by atoms with E-state index in [1.54, 1.807) is 17.8 Å². The van der Waals surface area contributed by atoms with Crippen LogP contribution in [0.25, 0.3) is 6.08 Å². The summed E-state index contributed by atoms with van der Waals surface area (Å²) < 4.78 is 0. The molecule has 0 N–H and O–H groups in total.